The maximum Gasteiger partial charge on any atom is 0.170 e. The number of nitrogens with zero attached hydrogens (tertiary/aromatic N) is 1. The van der Waals surface area contributed by atoms with E-state index in [0.717, 1.165) is 12.0 Å². The highest BCUT2D eigenvalue weighted by Crippen LogP contribution is 2.06. The molecule has 5 nitrogen and oxygen atoms in total. The lowest BCUT2D eigenvalue weighted by molar-refractivity contribution is 0.0928. The molecule has 0 aromatic heterocycles. The molecule has 1 rings (SSSR count). The third kappa shape index (κ3) is 4.84. The van der Waals surface area contributed by atoms with Crippen LogP contribution in [0.25, 0.3) is 0 Å². The van der Waals surface area contributed by atoms with Crippen LogP contribution in [-0.2, 0) is 16.1 Å². The van der Waals surface area contributed by atoms with E-state index >= 15 is 0 Å². The Morgan fingerprint density at radius 3 is 2.94 bits per heavy atom. The van der Waals surface area contributed by atoms with Crippen LogP contribution < -0.4 is 5.73 Å². The van der Waals surface area contributed by atoms with Crippen LogP contribution in [0.15, 0.2) is 29.4 Å². The van der Waals surface area contributed by atoms with E-state index in [9.17, 15) is 0 Å². The van der Waals surface area contributed by atoms with Crippen LogP contribution in [0.5, 0.6) is 0 Å². The highest BCUT2D eigenvalue weighted by molar-refractivity contribution is 5.97. The second-order valence-corrected chi connectivity index (χ2v) is 3.58. The highest BCUT2D eigenvalue weighted by atomic mass is 16.5. The Hall–Kier alpha value is -1.59. The van der Waals surface area contributed by atoms with Crippen molar-refractivity contribution in [1.29, 1.82) is 0 Å². The van der Waals surface area contributed by atoms with Crippen molar-refractivity contribution < 1.29 is 14.7 Å². The minimum absolute atomic E-state index is 0.103. The maximum atomic E-state index is 8.57. The summed E-state index contributed by atoms with van der Waals surface area (Å²) in [6.07, 6.45) is 0.871. The Kier molecular flexibility index (Phi) is 6.06. The number of amidine groups is 1. The lowest BCUT2D eigenvalue weighted by Gasteiger charge is -2.05. The summed E-state index contributed by atoms with van der Waals surface area (Å²) in [7, 11) is 1.67. The second kappa shape index (κ2) is 7.65. The topological polar surface area (TPSA) is 77.1 Å². The van der Waals surface area contributed by atoms with Crippen LogP contribution in [0.3, 0.4) is 0 Å². The fraction of sp³-hybridized carbons (Fsp3) is 0.417. The van der Waals surface area contributed by atoms with Gasteiger partial charge in [0.1, 0.15) is 0 Å². The van der Waals surface area contributed by atoms with E-state index in [4.69, 9.17) is 20.4 Å². The van der Waals surface area contributed by atoms with Crippen molar-refractivity contribution in [2.24, 2.45) is 10.9 Å². The smallest absolute Gasteiger partial charge is 0.170 e. The summed E-state index contributed by atoms with van der Waals surface area (Å²) in [5.74, 6) is 0.103. The molecule has 0 aliphatic heterocycles. The van der Waals surface area contributed by atoms with E-state index < -0.39 is 0 Å². The summed E-state index contributed by atoms with van der Waals surface area (Å²) >= 11 is 0. The van der Waals surface area contributed by atoms with E-state index in [0.29, 0.717) is 25.4 Å². The highest BCUT2D eigenvalue weighted by Gasteiger charge is 2.00. The molecular formula is C12H18N2O3. The number of ether oxygens (including phenoxy) is 2. The second-order valence-electron chi connectivity index (χ2n) is 3.58. The zero-order chi connectivity index (χ0) is 12.5. The maximum absolute atomic E-state index is 8.57. The lowest BCUT2D eigenvalue weighted by Crippen LogP contribution is -2.13. The van der Waals surface area contributed by atoms with Gasteiger partial charge in [-0.15, -0.1) is 0 Å². The number of benzene rings is 1. The fourth-order valence-corrected chi connectivity index (χ4v) is 1.37. The summed E-state index contributed by atoms with van der Waals surface area (Å²) in [5.41, 5.74) is 7.18. The van der Waals surface area contributed by atoms with Crippen LogP contribution in [0, 0.1) is 0 Å². The molecule has 1 aromatic rings. The molecular weight excluding hydrogens is 220 g/mol. The first kappa shape index (κ1) is 13.5. The molecule has 17 heavy (non-hydrogen) atoms. The third-order valence-corrected chi connectivity index (χ3v) is 2.24. The third-order valence-electron chi connectivity index (χ3n) is 2.24. The average Bonchev–Trinajstić information content (AvgIpc) is 2.38. The average molecular weight is 238 g/mol. The first-order valence-corrected chi connectivity index (χ1v) is 5.41. The van der Waals surface area contributed by atoms with Crippen LogP contribution >= 0.6 is 0 Å². The number of methoxy groups -OCH3 is 1. The minimum atomic E-state index is 0.103. The Morgan fingerprint density at radius 1 is 1.41 bits per heavy atom. The molecule has 0 atom stereocenters. The molecule has 0 fully saturated rings. The van der Waals surface area contributed by atoms with Gasteiger partial charge in [0.15, 0.2) is 5.84 Å². The molecule has 1 aromatic carbocycles. The van der Waals surface area contributed by atoms with Crippen molar-refractivity contribution in [3.63, 3.8) is 0 Å². The number of hydrogen-bond acceptors (Lipinski definition) is 4. The molecule has 0 amide bonds. The molecule has 0 heterocycles. The predicted octanol–water partition coefficient (Wildman–Crippen LogP) is 1.33. The summed E-state index contributed by atoms with van der Waals surface area (Å²) < 4.78 is 10.4. The molecule has 0 unspecified atom stereocenters. The van der Waals surface area contributed by atoms with Crippen LogP contribution in [-0.4, -0.2) is 31.4 Å². The SMILES string of the molecule is COCCCOCc1cccc(/C(N)=N/O)c1. The molecule has 0 radical (unpaired) electrons. The largest absolute Gasteiger partial charge is 0.409 e. The van der Waals surface area contributed by atoms with Crippen LogP contribution in [0.4, 0.5) is 0 Å². The lowest BCUT2D eigenvalue weighted by atomic mass is 10.1. The summed E-state index contributed by atoms with van der Waals surface area (Å²) in [4.78, 5) is 0. The molecule has 0 aliphatic carbocycles. The quantitative estimate of drug-likeness (QED) is 0.247. The van der Waals surface area contributed by atoms with Crippen molar-refractivity contribution in [2.45, 2.75) is 13.0 Å². The molecule has 0 spiro atoms. The van der Waals surface area contributed by atoms with E-state index in [1.165, 1.54) is 0 Å². The van der Waals surface area contributed by atoms with E-state index in [2.05, 4.69) is 5.16 Å². The van der Waals surface area contributed by atoms with Gasteiger partial charge >= 0.3 is 0 Å². The van der Waals surface area contributed by atoms with Gasteiger partial charge in [-0.3, -0.25) is 0 Å². The molecule has 0 aliphatic rings. The monoisotopic (exact) mass is 238 g/mol. The van der Waals surface area contributed by atoms with Gasteiger partial charge in [-0.05, 0) is 18.1 Å². The number of nitrogens with two attached hydrogens (primary N) is 1. The normalized spacial score (nSPS) is 11.7. The first-order chi connectivity index (χ1) is 8.27. The van der Waals surface area contributed by atoms with E-state index in [1.54, 1.807) is 13.2 Å². The summed E-state index contributed by atoms with van der Waals surface area (Å²) in [5, 5.41) is 11.5. The van der Waals surface area contributed by atoms with Crippen molar-refractivity contribution >= 4 is 5.84 Å². The van der Waals surface area contributed by atoms with E-state index in [1.807, 2.05) is 18.2 Å². The Morgan fingerprint density at radius 2 is 2.24 bits per heavy atom. The van der Waals surface area contributed by atoms with Crippen molar-refractivity contribution in [3.8, 4) is 0 Å². The van der Waals surface area contributed by atoms with Crippen molar-refractivity contribution in [2.75, 3.05) is 20.3 Å². The van der Waals surface area contributed by atoms with Gasteiger partial charge in [-0.25, -0.2) is 0 Å². The minimum Gasteiger partial charge on any atom is -0.409 e. The van der Waals surface area contributed by atoms with Gasteiger partial charge in [0.2, 0.25) is 0 Å². The fourth-order valence-electron chi connectivity index (χ4n) is 1.37. The van der Waals surface area contributed by atoms with Gasteiger partial charge in [-0.1, -0.05) is 23.4 Å². The molecule has 0 saturated heterocycles. The number of rotatable bonds is 7. The molecule has 3 N–H and O–H groups in total. The predicted molar refractivity (Wildman–Crippen MR) is 65.1 cm³/mol. The van der Waals surface area contributed by atoms with Gasteiger partial charge in [0, 0.05) is 25.9 Å². The van der Waals surface area contributed by atoms with Gasteiger partial charge in [-0.2, -0.15) is 0 Å². The van der Waals surface area contributed by atoms with Gasteiger partial charge in [0.05, 0.1) is 6.61 Å². The summed E-state index contributed by atoms with van der Waals surface area (Å²) in [6.45, 7) is 1.86. The van der Waals surface area contributed by atoms with Crippen LogP contribution in [0.2, 0.25) is 0 Å². The molecule has 94 valence electrons. The van der Waals surface area contributed by atoms with Crippen molar-refractivity contribution in [1.82, 2.24) is 0 Å². The molecule has 5 heteroatoms. The Labute approximate surface area is 101 Å². The summed E-state index contributed by atoms with van der Waals surface area (Å²) in [6, 6.07) is 7.40. The van der Waals surface area contributed by atoms with Crippen molar-refractivity contribution in [3.05, 3.63) is 35.4 Å². The zero-order valence-electron chi connectivity index (χ0n) is 9.93. The Balaban J connectivity index is 2.43. The molecule has 0 bridgehead atoms. The molecule has 0 saturated carbocycles. The van der Waals surface area contributed by atoms with E-state index in [-0.39, 0.29) is 5.84 Å². The van der Waals surface area contributed by atoms with Gasteiger partial charge < -0.3 is 20.4 Å². The Bertz CT molecular complexity index is 367. The van der Waals surface area contributed by atoms with Gasteiger partial charge in [0.25, 0.3) is 0 Å². The number of hydrogen-bond donors (Lipinski definition) is 2. The van der Waals surface area contributed by atoms with Crippen LogP contribution in [0.1, 0.15) is 17.5 Å². The number of oxime groups is 1. The zero-order valence-corrected chi connectivity index (χ0v) is 9.93. The first-order valence-electron chi connectivity index (χ1n) is 5.41. The standard InChI is InChI=1S/C12H18N2O3/c1-16-6-3-7-17-9-10-4-2-5-11(8-10)12(13)14-15/h2,4-5,8,15H,3,6-7,9H2,1H3,(H2,13,14).